The Morgan fingerprint density at radius 1 is 1.21 bits per heavy atom. The van der Waals surface area contributed by atoms with Crippen LogP contribution in [0.5, 0.6) is 0 Å². The molecule has 24 heavy (non-hydrogen) atoms. The molecule has 0 radical (unpaired) electrons. The summed E-state index contributed by atoms with van der Waals surface area (Å²) in [5, 5.41) is 2.75. The molecule has 1 aliphatic heterocycles. The molecule has 1 fully saturated rings. The molecule has 0 saturated carbocycles. The van der Waals surface area contributed by atoms with Gasteiger partial charge in [-0.25, -0.2) is 0 Å². The average Bonchev–Trinajstić information content (AvgIpc) is 3.06. The second-order valence-corrected chi connectivity index (χ2v) is 6.41. The van der Waals surface area contributed by atoms with Crippen LogP contribution in [0.3, 0.4) is 0 Å². The standard InChI is InChI=1S/C19H28N2O3/c1-16(22)20-12-7-3-6-10-19(23)24-15-17-11-13-21(14-17)18-8-4-2-5-9-18/h2,4-5,8-9,17H,3,6-7,10-15H2,1H3,(H,20,22). The van der Waals surface area contributed by atoms with Crippen molar-refractivity contribution in [3.05, 3.63) is 30.3 Å². The molecule has 1 amide bonds. The molecule has 1 aromatic carbocycles. The van der Waals surface area contributed by atoms with Gasteiger partial charge >= 0.3 is 5.97 Å². The van der Waals surface area contributed by atoms with Gasteiger partial charge in [0.15, 0.2) is 0 Å². The predicted molar refractivity (Wildman–Crippen MR) is 94.9 cm³/mol. The molecule has 132 valence electrons. The van der Waals surface area contributed by atoms with Gasteiger partial charge in [0.2, 0.25) is 5.91 Å². The maximum absolute atomic E-state index is 11.8. The molecule has 1 aliphatic rings. The second-order valence-electron chi connectivity index (χ2n) is 6.41. The Kier molecular flexibility index (Phi) is 7.59. The average molecular weight is 332 g/mol. The first-order chi connectivity index (χ1) is 11.6. The Morgan fingerprint density at radius 2 is 2.00 bits per heavy atom. The number of nitrogens with one attached hydrogen (secondary N) is 1. The number of carbonyl (C=O) groups is 2. The van der Waals surface area contributed by atoms with E-state index in [1.165, 1.54) is 12.6 Å². The van der Waals surface area contributed by atoms with Gasteiger partial charge in [0, 0.05) is 44.6 Å². The molecule has 0 aliphatic carbocycles. The summed E-state index contributed by atoms with van der Waals surface area (Å²) in [4.78, 5) is 24.9. The number of benzene rings is 1. The van der Waals surface area contributed by atoms with Crippen molar-refractivity contribution in [3.63, 3.8) is 0 Å². The maximum atomic E-state index is 11.8. The Morgan fingerprint density at radius 3 is 2.75 bits per heavy atom. The summed E-state index contributed by atoms with van der Waals surface area (Å²) in [6.45, 7) is 4.69. The lowest BCUT2D eigenvalue weighted by Gasteiger charge is -2.18. The number of ether oxygens (including phenoxy) is 1. The number of hydrogen-bond donors (Lipinski definition) is 1. The lowest BCUT2D eigenvalue weighted by atomic mass is 10.1. The van der Waals surface area contributed by atoms with Gasteiger partial charge < -0.3 is 15.0 Å². The molecule has 1 aromatic rings. The highest BCUT2D eigenvalue weighted by Crippen LogP contribution is 2.23. The van der Waals surface area contributed by atoms with Crippen molar-refractivity contribution in [2.45, 2.75) is 39.0 Å². The number of unbranched alkanes of at least 4 members (excludes halogenated alkanes) is 2. The minimum absolute atomic E-state index is 0.00415. The number of para-hydroxylation sites is 1. The van der Waals surface area contributed by atoms with E-state index in [0.29, 0.717) is 25.5 Å². The summed E-state index contributed by atoms with van der Waals surface area (Å²) in [7, 11) is 0. The third kappa shape index (κ3) is 6.60. The van der Waals surface area contributed by atoms with E-state index in [9.17, 15) is 9.59 Å². The van der Waals surface area contributed by atoms with E-state index in [4.69, 9.17) is 4.74 Å². The fourth-order valence-corrected chi connectivity index (χ4v) is 2.96. The molecule has 0 aromatic heterocycles. The fourth-order valence-electron chi connectivity index (χ4n) is 2.96. The maximum Gasteiger partial charge on any atom is 0.305 e. The van der Waals surface area contributed by atoms with E-state index < -0.39 is 0 Å². The summed E-state index contributed by atoms with van der Waals surface area (Å²) in [5.74, 6) is 0.317. The molecule has 0 spiro atoms. The molecule has 1 unspecified atom stereocenters. The monoisotopic (exact) mass is 332 g/mol. The third-order valence-electron chi connectivity index (χ3n) is 4.32. The van der Waals surface area contributed by atoms with Gasteiger partial charge in [0.1, 0.15) is 0 Å². The zero-order chi connectivity index (χ0) is 17.2. The summed E-state index contributed by atoms with van der Waals surface area (Å²) in [5.41, 5.74) is 1.24. The first kappa shape index (κ1) is 18.3. The first-order valence-corrected chi connectivity index (χ1v) is 8.85. The van der Waals surface area contributed by atoms with Crippen molar-refractivity contribution < 1.29 is 14.3 Å². The summed E-state index contributed by atoms with van der Waals surface area (Å²) >= 11 is 0. The van der Waals surface area contributed by atoms with Crippen molar-refractivity contribution in [2.24, 2.45) is 5.92 Å². The molecule has 1 atom stereocenters. The molecule has 5 nitrogen and oxygen atoms in total. The molecular weight excluding hydrogens is 304 g/mol. The lowest BCUT2D eigenvalue weighted by molar-refractivity contribution is -0.145. The Balaban J connectivity index is 1.54. The number of amides is 1. The van der Waals surface area contributed by atoms with Crippen molar-refractivity contribution >= 4 is 17.6 Å². The van der Waals surface area contributed by atoms with Gasteiger partial charge in [-0.15, -0.1) is 0 Å². The van der Waals surface area contributed by atoms with Crippen LogP contribution in [0.1, 0.15) is 39.0 Å². The molecule has 1 saturated heterocycles. The SMILES string of the molecule is CC(=O)NCCCCCC(=O)OCC1CCN(c2ccccc2)C1. The van der Waals surface area contributed by atoms with E-state index in [-0.39, 0.29) is 11.9 Å². The van der Waals surface area contributed by atoms with Gasteiger partial charge in [0.05, 0.1) is 6.61 Å². The normalized spacial score (nSPS) is 16.9. The summed E-state index contributed by atoms with van der Waals surface area (Å²) in [6.07, 6.45) is 4.19. The molecular formula is C19H28N2O3. The van der Waals surface area contributed by atoms with Gasteiger partial charge in [-0.3, -0.25) is 9.59 Å². The second kappa shape index (κ2) is 9.96. The third-order valence-corrected chi connectivity index (χ3v) is 4.32. The highest BCUT2D eigenvalue weighted by atomic mass is 16.5. The van der Waals surface area contributed by atoms with Crippen LogP contribution in [-0.2, 0) is 14.3 Å². The van der Waals surface area contributed by atoms with E-state index in [2.05, 4.69) is 34.5 Å². The quantitative estimate of drug-likeness (QED) is 0.558. The minimum atomic E-state index is -0.104. The highest BCUT2D eigenvalue weighted by molar-refractivity contribution is 5.72. The molecule has 5 heteroatoms. The van der Waals surface area contributed by atoms with Crippen molar-refractivity contribution in [2.75, 3.05) is 31.1 Å². The topological polar surface area (TPSA) is 58.6 Å². The van der Waals surface area contributed by atoms with Crippen LogP contribution in [-0.4, -0.2) is 38.1 Å². The zero-order valence-electron chi connectivity index (χ0n) is 14.5. The number of hydrogen-bond acceptors (Lipinski definition) is 4. The fraction of sp³-hybridized carbons (Fsp3) is 0.579. The van der Waals surface area contributed by atoms with Crippen LogP contribution < -0.4 is 10.2 Å². The van der Waals surface area contributed by atoms with Gasteiger partial charge in [-0.1, -0.05) is 24.6 Å². The zero-order valence-corrected chi connectivity index (χ0v) is 14.5. The van der Waals surface area contributed by atoms with E-state index >= 15 is 0 Å². The van der Waals surface area contributed by atoms with Crippen molar-refractivity contribution in [1.29, 1.82) is 0 Å². The molecule has 2 rings (SSSR count). The number of anilines is 1. The number of nitrogens with zero attached hydrogens (tertiary/aromatic N) is 1. The van der Waals surface area contributed by atoms with Crippen LogP contribution >= 0.6 is 0 Å². The smallest absolute Gasteiger partial charge is 0.305 e. The number of esters is 1. The lowest BCUT2D eigenvalue weighted by Crippen LogP contribution is -2.22. The van der Waals surface area contributed by atoms with Crippen molar-refractivity contribution in [3.8, 4) is 0 Å². The Labute approximate surface area is 144 Å². The van der Waals surface area contributed by atoms with E-state index in [0.717, 1.165) is 38.8 Å². The van der Waals surface area contributed by atoms with Crippen LogP contribution in [0.2, 0.25) is 0 Å². The largest absolute Gasteiger partial charge is 0.465 e. The predicted octanol–water partition coefficient (Wildman–Crippen LogP) is 2.75. The van der Waals surface area contributed by atoms with Gasteiger partial charge in [-0.05, 0) is 31.4 Å². The molecule has 1 N–H and O–H groups in total. The van der Waals surface area contributed by atoms with Crippen LogP contribution in [0.4, 0.5) is 5.69 Å². The Hall–Kier alpha value is -2.04. The van der Waals surface area contributed by atoms with Crippen LogP contribution in [0.25, 0.3) is 0 Å². The van der Waals surface area contributed by atoms with E-state index in [1.807, 2.05) is 6.07 Å². The van der Waals surface area contributed by atoms with Gasteiger partial charge in [-0.2, -0.15) is 0 Å². The summed E-state index contributed by atoms with van der Waals surface area (Å²) in [6, 6.07) is 10.4. The molecule has 0 bridgehead atoms. The van der Waals surface area contributed by atoms with Crippen LogP contribution in [0, 0.1) is 5.92 Å². The van der Waals surface area contributed by atoms with Crippen molar-refractivity contribution in [1.82, 2.24) is 5.32 Å². The Bertz CT molecular complexity index is 519. The van der Waals surface area contributed by atoms with Crippen LogP contribution in [0.15, 0.2) is 30.3 Å². The number of carbonyl (C=O) groups excluding carboxylic acids is 2. The minimum Gasteiger partial charge on any atom is -0.465 e. The summed E-state index contributed by atoms with van der Waals surface area (Å²) < 4.78 is 5.42. The van der Waals surface area contributed by atoms with Gasteiger partial charge in [0.25, 0.3) is 0 Å². The first-order valence-electron chi connectivity index (χ1n) is 8.85. The molecule has 1 heterocycles. The van der Waals surface area contributed by atoms with E-state index in [1.54, 1.807) is 0 Å². The highest BCUT2D eigenvalue weighted by Gasteiger charge is 2.23. The number of rotatable bonds is 9.